The normalized spacial score (nSPS) is 33.9. The van der Waals surface area contributed by atoms with Crippen LogP contribution in [-0.4, -0.2) is 19.5 Å². The molecule has 0 saturated carbocycles. The van der Waals surface area contributed by atoms with Gasteiger partial charge < -0.3 is 4.74 Å². The molecule has 0 bridgehead atoms. The molecule has 0 radical (unpaired) electrons. The van der Waals surface area contributed by atoms with Crippen molar-refractivity contribution in [1.82, 2.24) is 0 Å². The van der Waals surface area contributed by atoms with E-state index >= 15 is 0 Å². The third kappa shape index (κ3) is 3.68. The molecule has 0 spiro atoms. The van der Waals surface area contributed by atoms with Gasteiger partial charge in [-0.05, 0) is 51.3 Å². The van der Waals surface area contributed by atoms with Crippen molar-refractivity contribution in [3.63, 3.8) is 0 Å². The Bertz CT molecular complexity index is 291. The first-order valence-corrected chi connectivity index (χ1v) is 6.20. The lowest BCUT2D eigenvalue weighted by Crippen LogP contribution is -2.37. The molecule has 1 aliphatic heterocycles. The molecule has 1 saturated heterocycles. The maximum atomic E-state index is 8.75. The summed E-state index contributed by atoms with van der Waals surface area (Å²) in [5.74, 6) is 3.24. The van der Waals surface area contributed by atoms with Crippen molar-refractivity contribution in [2.75, 3.05) is 0 Å². The molecule has 0 amide bonds. The van der Waals surface area contributed by atoms with E-state index in [2.05, 4.69) is 39.7 Å². The van der Waals surface area contributed by atoms with Gasteiger partial charge in [-0.25, -0.2) is 5.26 Å². The lowest BCUT2D eigenvalue weighted by atomic mass is 9.59. The van der Waals surface area contributed by atoms with Gasteiger partial charge in [0.25, 0.3) is 7.28 Å². The maximum Gasteiger partial charge on any atom is 0.255 e. The average Bonchev–Trinajstić information content (AvgIpc) is 2.21. The summed E-state index contributed by atoms with van der Waals surface area (Å²) in [4.78, 5) is 0. The molecule has 0 aliphatic carbocycles. The van der Waals surface area contributed by atoms with Gasteiger partial charge in [-0.3, -0.25) is 0 Å². The second-order valence-electron chi connectivity index (χ2n) is 5.23. The van der Waals surface area contributed by atoms with Crippen LogP contribution in [0.4, 0.5) is 0 Å². The van der Waals surface area contributed by atoms with E-state index in [1.54, 1.807) is 0 Å². The Hall–Kier alpha value is -0.745. The van der Waals surface area contributed by atoms with Crippen molar-refractivity contribution in [1.29, 1.82) is 5.26 Å². The Kier molecular flexibility index (Phi) is 5.08. The van der Waals surface area contributed by atoms with Crippen molar-refractivity contribution in [3.8, 4) is 5.97 Å². The van der Waals surface area contributed by atoms with Crippen molar-refractivity contribution in [3.05, 3.63) is 11.6 Å². The van der Waals surface area contributed by atoms with Crippen LogP contribution in [-0.2, 0) is 4.74 Å². The first-order valence-electron chi connectivity index (χ1n) is 6.20. The Morgan fingerprint density at radius 3 is 2.75 bits per heavy atom. The van der Waals surface area contributed by atoms with Crippen LogP contribution < -0.4 is 0 Å². The third-order valence-electron chi connectivity index (χ3n) is 3.47. The fraction of sp³-hybridized carbons (Fsp3) is 0.769. The van der Waals surface area contributed by atoms with E-state index in [-0.39, 0.29) is 6.10 Å². The number of rotatable bonds is 3. The number of hydrogen-bond acceptors (Lipinski definition) is 2. The van der Waals surface area contributed by atoms with Gasteiger partial charge in [-0.1, -0.05) is 18.6 Å². The molecule has 16 heavy (non-hydrogen) atoms. The molecule has 1 aliphatic rings. The van der Waals surface area contributed by atoms with Gasteiger partial charge in [0.05, 0.1) is 12.2 Å². The lowest BCUT2D eigenvalue weighted by Gasteiger charge is -2.38. The molecule has 0 N–H and O–H groups in total. The molecule has 1 rings (SSSR count). The van der Waals surface area contributed by atoms with Crippen molar-refractivity contribution in [2.45, 2.75) is 58.6 Å². The molecular weight excluding hydrogens is 197 g/mol. The Morgan fingerprint density at radius 2 is 2.19 bits per heavy atom. The first kappa shape index (κ1) is 13.3. The molecule has 1 heterocycles. The summed E-state index contributed by atoms with van der Waals surface area (Å²) in [6, 6.07) is 0. The van der Waals surface area contributed by atoms with Crippen LogP contribution in [0.5, 0.6) is 0 Å². The predicted octanol–water partition coefficient (Wildman–Crippen LogP) is 2.86. The van der Waals surface area contributed by atoms with Crippen LogP contribution in [0, 0.1) is 17.1 Å². The topological polar surface area (TPSA) is 33.0 Å². The molecule has 1 fully saturated rings. The van der Waals surface area contributed by atoms with E-state index in [0.29, 0.717) is 25.1 Å². The summed E-state index contributed by atoms with van der Waals surface area (Å²) in [6.45, 7) is 8.58. The summed E-state index contributed by atoms with van der Waals surface area (Å²) in [6.07, 6.45) is 4.94. The minimum atomic E-state index is 0.228. The van der Waals surface area contributed by atoms with Crippen LogP contribution in [0.15, 0.2) is 11.6 Å². The molecule has 0 aromatic heterocycles. The predicted molar refractivity (Wildman–Crippen MR) is 68.7 cm³/mol. The van der Waals surface area contributed by atoms with Gasteiger partial charge in [0.15, 0.2) is 0 Å². The number of hydrogen-bond donors (Lipinski definition) is 0. The minimum Gasteiger partial charge on any atom is -0.375 e. The second kappa shape index (κ2) is 6.10. The quantitative estimate of drug-likeness (QED) is 0.540. The number of allylic oxidation sites excluding steroid dienone is 1. The summed E-state index contributed by atoms with van der Waals surface area (Å²) in [7, 11) is 0.626. The Balaban J connectivity index is 2.53. The standard InChI is InChI=1S/C13H22BNO/c1-9(2)5-6-13-10(3)7-12(14-8-15)11(4)16-13/h5,10-14H,6-7H2,1-4H3/t10-,11+,12+,13-/m0/s1. The molecular formula is C13H22BNO. The minimum absolute atomic E-state index is 0.228. The zero-order valence-corrected chi connectivity index (χ0v) is 10.9. The monoisotopic (exact) mass is 219 g/mol. The van der Waals surface area contributed by atoms with Crippen LogP contribution in [0.1, 0.15) is 40.5 Å². The van der Waals surface area contributed by atoms with Crippen molar-refractivity contribution < 1.29 is 4.74 Å². The number of nitriles is 1. The van der Waals surface area contributed by atoms with Crippen LogP contribution in [0.25, 0.3) is 0 Å². The Morgan fingerprint density at radius 1 is 1.50 bits per heavy atom. The molecule has 4 atom stereocenters. The number of ether oxygens (including phenoxy) is 1. The molecule has 0 aromatic carbocycles. The van der Waals surface area contributed by atoms with Gasteiger partial charge in [0.2, 0.25) is 0 Å². The lowest BCUT2D eigenvalue weighted by molar-refractivity contribution is -0.0672. The van der Waals surface area contributed by atoms with E-state index in [0.717, 1.165) is 12.8 Å². The highest BCUT2D eigenvalue weighted by Gasteiger charge is 2.33. The van der Waals surface area contributed by atoms with Gasteiger partial charge in [-0.15, -0.1) is 0 Å². The third-order valence-corrected chi connectivity index (χ3v) is 3.47. The van der Waals surface area contributed by atoms with E-state index < -0.39 is 0 Å². The van der Waals surface area contributed by atoms with E-state index in [1.165, 1.54) is 5.57 Å². The largest absolute Gasteiger partial charge is 0.375 e. The highest BCUT2D eigenvalue weighted by atomic mass is 16.5. The number of nitrogens with zero attached hydrogens (tertiary/aromatic N) is 1. The Labute approximate surface area is 99.9 Å². The fourth-order valence-electron chi connectivity index (χ4n) is 2.35. The van der Waals surface area contributed by atoms with E-state index in [9.17, 15) is 0 Å². The summed E-state index contributed by atoms with van der Waals surface area (Å²) in [5, 5.41) is 8.75. The molecule has 0 aromatic rings. The molecule has 2 nitrogen and oxygen atoms in total. The second-order valence-corrected chi connectivity index (χ2v) is 5.23. The zero-order valence-electron chi connectivity index (χ0n) is 10.9. The summed E-state index contributed by atoms with van der Waals surface area (Å²) < 4.78 is 6.02. The van der Waals surface area contributed by atoms with Crippen molar-refractivity contribution >= 4 is 7.28 Å². The SMILES string of the molecule is CC(C)=CC[C@@H]1O[C@H](C)[C@H](BC#N)C[C@@H]1C. The fourth-order valence-corrected chi connectivity index (χ4v) is 2.35. The van der Waals surface area contributed by atoms with Gasteiger partial charge in [-0.2, -0.15) is 0 Å². The van der Waals surface area contributed by atoms with Gasteiger partial charge in [0.1, 0.15) is 0 Å². The van der Waals surface area contributed by atoms with Crippen molar-refractivity contribution in [2.24, 2.45) is 5.92 Å². The van der Waals surface area contributed by atoms with E-state index in [4.69, 9.17) is 10.00 Å². The van der Waals surface area contributed by atoms with Crippen LogP contribution in [0.3, 0.4) is 0 Å². The maximum absolute atomic E-state index is 8.75. The molecule has 0 unspecified atom stereocenters. The van der Waals surface area contributed by atoms with E-state index in [1.807, 2.05) is 0 Å². The highest BCUT2D eigenvalue weighted by molar-refractivity contribution is 6.47. The summed E-state index contributed by atoms with van der Waals surface area (Å²) in [5.41, 5.74) is 1.35. The summed E-state index contributed by atoms with van der Waals surface area (Å²) >= 11 is 0. The van der Waals surface area contributed by atoms with Gasteiger partial charge in [0, 0.05) is 0 Å². The molecule has 3 heteroatoms. The molecule has 88 valence electrons. The van der Waals surface area contributed by atoms with Crippen LogP contribution in [0.2, 0.25) is 5.82 Å². The van der Waals surface area contributed by atoms with Gasteiger partial charge >= 0.3 is 0 Å². The average molecular weight is 219 g/mol. The highest BCUT2D eigenvalue weighted by Crippen LogP contribution is 2.34. The zero-order chi connectivity index (χ0) is 12.1. The first-order chi connectivity index (χ1) is 7.54. The van der Waals surface area contributed by atoms with Crippen LogP contribution >= 0.6 is 0 Å². The smallest absolute Gasteiger partial charge is 0.255 e.